The number of halogens is 1. The zero-order chi connectivity index (χ0) is 11.5. The molecule has 0 aromatic heterocycles. The largest absolute Gasteiger partial charge is 0.497 e. The number of hydrogen-bond acceptors (Lipinski definition) is 2. The average Bonchev–Trinajstić information content (AvgIpc) is 2.15. The van der Waals surface area contributed by atoms with Crippen LogP contribution in [0.25, 0.3) is 0 Å². The van der Waals surface area contributed by atoms with Gasteiger partial charge in [-0.2, -0.15) is 0 Å². The highest BCUT2D eigenvalue weighted by Gasteiger charge is 2.09. The minimum atomic E-state index is -0.571. The molecule has 4 heteroatoms. The Morgan fingerprint density at radius 1 is 1.20 bits per heavy atom. The van der Waals surface area contributed by atoms with E-state index in [4.69, 9.17) is 15.4 Å². The topological polar surface area (TPSA) is 21.6 Å². The van der Waals surface area contributed by atoms with E-state index >= 15 is 0 Å². The summed E-state index contributed by atoms with van der Waals surface area (Å²) in [5.41, 5.74) is -0.106. The van der Waals surface area contributed by atoms with Crippen LogP contribution in [0.5, 0.6) is 5.75 Å². The number of benzene rings is 1. The van der Waals surface area contributed by atoms with Crippen LogP contribution < -0.4 is 4.74 Å². The summed E-state index contributed by atoms with van der Waals surface area (Å²) in [5, 5.41) is 0. The first-order valence-corrected chi connectivity index (χ1v) is 6.71. The number of hydrogen-bond donors (Lipinski definition) is 0. The first-order valence-electron chi connectivity index (χ1n) is 4.70. The van der Waals surface area contributed by atoms with Gasteiger partial charge in [0.25, 0.3) is 0 Å². The Morgan fingerprint density at radius 3 is 2.13 bits per heavy atom. The predicted molar refractivity (Wildman–Crippen MR) is 66.7 cm³/mol. The van der Waals surface area contributed by atoms with Crippen molar-refractivity contribution in [1.82, 2.24) is 0 Å². The molecule has 0 bridgehead atoms. The van der Waals surface area contributed by atoms with E-state index < -0.39 is 9.90 Å². The van der Waals surface area contributed by atoms with Crippen LogP contribution in [-0.4, -0.2) is 12.6 Å². The molecule has 1 aromatic carbocycles. The highest BCUT2D eigenvalue weighted by atomic mass is 35.7. The van der Waals surface area contributed by atoms with E-state index in [1.807, 2.05) is 45.0 Å². The molecule has 0 heterocycles. The first kappa shape index (κ1) is 12.5. The highest BCUT2D eigenvalue weighted by Crippen LogP contribution is 2.21. The Balaban J connectivity index is 2.92. The lowest BCUT2D eigenvalue weighted by Gasteiger charge is -2.13. The van der Waals surface area contributed by atoms with Gasteiger partial charge in [-0.25, -0.2) is 4.36 Å². The summed E-state index contributed by atoms with van der Waals surface area (Å²) in [6, 6.07) is 7.69. The van der Waals surface area contributed by atoms with E-state index in [-0.39, 0.29) is 5.54 Å². The molecule has 1 aromatic rings. The summed E-state index contributed by atoms with van der Waals surface area (Å²) in [5.74, 6) is 0.836. The second kappa shape index (κ2) is 4.99. The first-order chi connectivity index (χ1) is 6.92. The van der Waals surface area contributed by atoms with E-state index in [0.29, 0.717) is 0 Å². The van der Waals surface area contributed by atoms with Crippen LogP contribution in [0.2, 0.25) is 0 Å². The fourth-order valence-electron chi connectivity index (χ4n) is 0.981. The van der Waals surface area contributed by atoms with Gasteiger partial charge in [0.1, 0.15) is 5.75 Å². The van der Waals surface area contributed by atoms with E-state index in [1.165, 1.54) is 0 Å². The van der Waals surface area contributed by atoms with E-state index in [9.17, 15) is 0 Å². The second-order valence-electron chi connectivity index (χ2n) is 4.18. The van der Waals surface area contributed by atoms with Crippen molar-refractivity contribution in [2.75, 3.05) is 7.11 Å². The second-order valence-corrected chi connectivity index (χ2v) is 6.18. The minimum Gasteiger partial charge on any atom is -0.497 e. The molecule has 0 radical (unpaired) electrons. The standard InChI is InChI=1S/C11H16ClNOS/c1-11(2,3)13-15(12)10-7-5-9(14-4)6-8-10/h5-8H,1-4H3. The van der Waals surface area contributed by atoms with Gasteiger partial charge in [-0.1, -0.05) is 0 Å². The zero-order valence-electron chi connectivity index (χ0n) is 9.45. The molecule has 15 heavy (non-hydrogen) atoms. The molecule has 0 aliphatic carbocycles. The summed E-state index contributed by atoms with van der Waals surface area (Å²) in [4.78, 5) is 1.02. The van der Waals surface area contributed by atoms with Crippen molar-refractivity contribution < 1.29 is 4.74 Å². The maximum absolute atomic E-state index is 6.21. The number of rotatable bonds is 2. The van der Waals surface area contributed by atoms with Gasteiger partial charge >= 0.3 is 0 Å². The normalized spacial score (nSPS) is 13.9. The van der Waals surface area contributed by atoms with Crippen molar-refractivity contribution >= 4 is 20.6 Å². The highest BCUT2D eigenvalue weighted by molar-refractivity contribution is 8.10. The molecule has 0 aliphatic heterocycles. The van der Waals surface area contributed by atoms with Gasteiger partial charge < -0.3 is 4.74 Å². The molecule has 84 valence electrons. The fourth-order valence-corrected chi connectivity index (χ4v) is 2.86. The van der Waals surface area contributed by atoms with Crippen LogP contribution >= 0.6 is 10.7 Å². The number of methoxy groups -OCH3 is 1. The molecule has 1 atom stereocenters. The van der Waals surface area contributed by atoms with Crippen molar-refractivity contribution in [3.05, 3.63) is 24.3 Å². The minimum absolute atomic E-state index is 0.106. The van der Waals surface area contributed by atoms with Crippen molar-refractivity contribution in [2.45, 2.75) is 31.2 Å². The molecule has 1 rings (SSSR count). The van der Waals surface area contributed by atoms with E-state index in [0.717, 1.165) is 10.6 Å². The van der Waals surface area contributed by atoms with Gasteiger partial charge in [-0.3, -0.25) is 0 Å². The van der Waals surface area contributed by atoms with E-state index in [1.54, 1.807) is 7.11 Å². The SMILES string of the molecule is COc1ccc(S(Cl)=NC(C)(C)C)cc1. The Kier molecular flexibility index (Phi) is 4.17. The van der Waals surface area contributed by atoms with Gasteiger partial charge in [-0.05, 0) is 55.7 Å². The Hall–Kier alpha value is -0.540. The fraction of sp³-hybridized carbons (Fsp3) is 0.455. The van der Waals surface area contributed by atoms with E-state index in [2.05, 4.69) is 4.36 Å². The molecule has 0 saturated heterocycles. The van der Waals surface area contributed by atoms with Crippen LogP contribution in [0.15, 0.2) is 33.5 Å². The summed E-state index contributed by atoms with van der Waals surface area (Å²) < 4.78 is 9.57. The molecular formula is C11H16ClNOS. The number of ether oxygens (including phenoxy) is 1. The third-order valence-electron chi connectivity index (χ3n) is 1.61. The molecule has 1 unspecified atom stereocenters. The molecule has 0 amide bonds. The summed E-state index contributed by atoms with van der Waals surface area (Å²) in [6.07, 6.45) is 0. The number of nitrogens with zero attached hydrogens (tertiary/aromatic N) is 1. The lowest BCUT2D eigenvalue weighted by molar-refractivity contribution is 0.414. The summed E-state index contributed by atoms with van der Waals surface area (Å²) >= 11 is 0. The van der Waals surface area contributed by atoms with Crippen LogP contribution in [0.3, 0.4) is 0 Å². The smallest absolute Gasteiger partial charge is 0.118 e. The maximum Gasteiger partial charge on any atom is 0.118 e. The third-order valence-corrected chi connectivity index (χ3v) is 3.72. The van der Waals surface area contributed by atoms with Gasteiger partial charge in [0.05, 0.1) is 12.6 Å². The molecule has 0 aliphatic rings. The monoisotopic (exact) mass is 245 g/mol. The molecule has 0 N–H and O–H groups in total. The van der Waals surface area contributed by atoms with Gasteiger partial charge in [-0.15, -0.1) is 0 Å². The molecule has 0 spiro atoms. The lowest BCUT2D eigenvalue weighted by atomic mass is 10.1. The van der Waals surface area contributed by atoms with Crippen molar-refractivity contribution in [1.29, 1.82) is 0 Å². The average molecular weight is 246 g/mol. The Morgan fingerprint density at radius 2 is 1.73 bits per heavy atom. The van der Waals surface area contributed by atoms with Crippen LogP contribution in [0.4, 0.5) is 0 Å². The predicted octanol–water partition coefficient (Wildman–Crippen LogP) is 3.81. The van der Waals surface area contributed by atoms with Crippen LogP contribution in [-0.2, 0) is 9.90 Å². The lowest BCUT2D eigenvalue weighted by Crippen LogP contribution is -2.09. The quantitative estimate of drug-likeness (QED) is 0.777. The molecule has 0 saturated carbocycles. The molecule has 2 nitrogen and oxygen atoms in total. The van der Waals surface area contributed by atoms with Crippen molar-refractivity contribution in [2.24, 2.45) is 4.36 Å². The van der Waals surface area contributed by atoms with Gasteiger partial charge in [0, 0.05) is 14.8 Å². The molecular weight excluding hydrogens is 230 g/mol. The van der Waals surface area contributed by atoms with Gasteiger partial charge in [0.2, 0.25) is 0 Å². The maximum atomic E-state index is 6.21. The van der Waals surface area contributed by atoms with Crippen molar-refractivity contribution in [3.63, 3.8) is 0 Å². The van der Waals surface area contributed by atoms with Crippen molar-refractivity contribution in [3.8, 4) is 5.75 Å². The summed E-state index contributed by atoms with van der Waals surface area (Å²) in [7, 11) is 7.28. The summed E-state index contributed by atoms with van der Waals surface area (Å²) in [6.45, 7) is 6.12. The van der Waals surface area contributed by atoms with Gasteiger partial charge in [0.15, 0.2) is 0 Å². The van der Waals surface area contributed by atoms with Crippen LogP contribution in [0.1, 0.15) is 20.8 Å². The van der Waals surface area contributed by atoms with Crippen LogP contribution in [0, 0.1) is 0 Å². The zero-order valence-corrected chi connectivity index (χ0v) is 11.0. The third kappa shape index (κ3) is 4.22. The molecule has 0 fully saturated rings. The Bertz CT molecular complexity index is 354. The Labute approximate surface area is 98.2 Å².